The van der Waals surface area contributed by atoms with Crippen molar-refractivity contribution in [1.82, 2.24) is 4.98 Å². The lowest BCUT2D eigenvalue weighted by molar-refractivity contribution is 0.706. The first kappa shape index (κ1) is 11.3. The Balaban J connectivity index is 2.09. The van der Waals surface area contributed by atoms with Crippen LogP contribution < -0.4 is 5.73 Å². The largest absolute Gasteiger partial charge is 0.324 e. The summed E-state index contributed by atoms with van der Waals surface area (Å²) in [6.45, 7) is 0. The van der Waals surface area contributed by atoms with E-state index < -0.39 is 0 Å². The summed E-state index contributed by atoms with van der Waals surface area (Å²) < 4.78 is 1.07. The number of hydrogen-bond donors (Lipinski definition) is 1. The number of pyridine rings is 1. The maximum Gasteiger partial charge on any atom is 0.0422 e. The summed E-state index contributed by atoms with van der Waals surface area (Å²) >= 11 is 3.41. The molecule has 0 radical (unpaired) electrons. The number of benzene rings is 1. The van der Waals surface area contributed by atoms with Crippen LogP contribution in [0, 0.1) is 0 Å². The highest BCUT2D eigenvalue weighted by Crippen LogP contribution is 2.17. The van der Waals surface area contributed by atoms with Crippen molar-refractivity contribution in [2.24, 2.45) is 5.73 Å². The second-order valence-corrected chi connectivity index (χ2v) is 4.60. The van der Waals surface area contributed by atoms with Crippen LogP contribution in [0.4, 0.5) is 0 Å². The van der Waals surface area contributed by atoms with Gasteiger partial charge < -0.3 is 5.73 Å². The second-order valence-electron chi connectivity index (χ2n) is 3.68. The predicted octanol–water partition coefficient (Wildman–Crippen LogP) is 3.09. The molecular formula is C13H13BrN2. The molecule has 2 nitrogen and oxygen atoms in total. The van der Waals surface area contributed by atoms with Gasteiger partial charge in [0.05, 0.1) is 0 Å². The van der Waals surface area contributed by atoms with Crippen molar-refractivity contribution in [3.63, 3.8) is 0 Å². The van der Waals surface area contributed by atoms with E-state index in [1.54, 1.807) is 6.20 Å². The molecule has 1 heterocycles. The van der Waals surface area contributed by atoms with Gasteiger partial charge in [0.2, 0.25) is 0 Å². The Morgan fingerprint density at radius 1 is 1.12 bits per heavy atom. The molecule has 3 heteroatoms. The summed E-state index contributed by atoms with van der Waals surface area (Å²) in [6.07, 6.45) is 2.56. The number of halogens is 1. The van der Waals surface area contributed by atoms with E-state index in [9.17, 15) is 0 Å². The highest BCUT2D eigenvalue weighted by atomic mass is 79.9. The van der Waals surface area contributed by atoms with Gasteiger partial charge in [-0.2, -0.15) is 0 Å². The molecule has 82 valence electrons. The number of nitrogens with two attached hydrogens (primary N) is 1. The summed E-state index contributed by atoms with van der Waals surface area (Å²) in [5.74, 6) is 0. The smallest absolute Gasteiger partial charge is 0.0422 e. The van der Waals surface area contributed by atoms with Gasteiger partial charge in [-0.3, -0.25) is 4.98 Å². The van der Waals surface area contributed by atoms with Gasteiger partial charge in [-0.25, -0.2) is 0 Å². The fourth-order valence-corrected chi connectivity index (χ4v) is 1.84. The second kappa shape index (κ2) is 5.23. The molecule has 0 saturated carbocycles. The monoisotopic (exact) mass is 276 g/mol. The molecule has 2 rings (SSSR count). The van der Waals surface area contributed by atoms with Crippen LogP contribution in [0.2, 0.25) is 0 Å². The molecule has 0 fully saturated rings. The third kappa shape index (κ3) is 2.90. The van der Waals surface area contributed by atoms with Crippen molar-refractivity contribution in [2.45, 2.75) is 12.5 Å². The maximum atomic E-state index is 6.12. The van der Waals surface area contributed by atoms with Crippen molar-refractivity contribution in [3.8, 4) is 0 Å². The maximum absolute atomic E-state index is 6.12. The summed E-state index contributed by atoms with van der Waals surface area (Å²) in [7, 11) is 0. The SMILES string of the molecule is N[C@H](Cc1ccccn1)c1ccc(Br)cc1. The zero-order valence-electron chi connectivity index (χ0n) is 8.81. The Bertz CT molecular complexity index is 439. The van der Waals surface area contributed by atoms with Crippen LogP contribution in [0.25, 0.3) is 0 Å². The lowest BCUT2D eigenvalue weighted by atomic mass is 10.0. The Hall–Kier alpha value is -1.19. The molecule has 0 aliphatic rings. The number of nitrogens with zero attached hydrogens (tertiary/aromatic N) is 1. The van der Waals surface area contributed by atoms with Crippen molar-refractivity contribution < 1.29 is 0 Å². The van der Waals surface area contributed by atoms with Gasteiger partial charge >= 0.3 is 0 Å². The fraction of sp³-hybridized carbons (Fsp3) is 0.154. The average Bonchev–Trinajstić information content (AvgIpc) is 2.31. The molecular weight excluding hydrogens is 264 g/mol. The van der Waals surface area contributed by atoms with E-state index in [0.717, 1.165) is 22.2 Å². The zero-order valence-corrected chi connectivity index (χ0v) is 10.4. The van der Waals surface area contributed by atoms with E-state index in [1.165, 1.54) is 0 Å². The molecule has 2 N–H and O–H groups in total. The molecule has 0 amide bonds. The first-order valence-corrected chi connectivity index (χ1v) is 5.96. The van der Waals surface area contributed by atoms with Crippen LogP contribution in [0.5, 0.6) is 0 Å². The summed E-state index contributed by atoms with van der Waals surface area (Å²) in [6, 6.07) is 14.0. The van der Waals surface area contributed by atoms with Gasteiger partial charge in [-0.15, -0.1) is 0 Å². The van der Waals surface area contributed by atoms with Crippen molar-refractivity contribution >= 4 is 15.9 Å². The van der Waals surface area contributed by atoms with Gasteiger partial charge in [-0.1, -0.05) is 34.1 Å². The molecule has 1 aromatic heterocycles. The van der Waals surface area contributed by atoms with Crippen LogP contribution in [-0.4, -0.2) is 4.98 Å². The van der Waals surface area contributed by atoms with Crippen LogP contribution >= 0.6 is 15.9 Å². The lowest BCUT2D eigenvalue weighted by Crippen LogP contribution is -2.13. The van der Waals surface area contributed by atoms with Crippen molar-refractivity contribution in [2.75, 3.05) is 0 Å². The van der Waals surface area contributed by atoms with E-state index in [0.29, 0.717) is 0 Å². The van der Waals surface area contributed by atoms with E-state index in [-0.39, 0.29) is 6.04 Å². The zero-order chi connectivity index (χ0) is 11.4. The van der Waals surface area contributed by atoms with E-state index in [1.807, 2.05) is 42.5 Å². The topological polar surface area (TPSA) is 38.9 Å². The summed E-state index contributed by atoms with van der Waals surface area (Å²) in [4.78, 5) is 4.27. The molecule has 0 aliphatic heterocycles. The molecule has 2 aromatic rings. The quantitative estimate of drug-likeness (QED) is 0.936. The molecule has 0 unspecified atom stereocenters. The van der Waals surface area contributed by atoms with E-state index in [4.69, 9.17) is 5.73 Å². The molecule has 0 saturated heterocycles. The first-order chi connectivity index (χ1) is 7.75. The summed E-state index contributed by atoms with van der Waals surface area (Å²) in [5.41, 5.74) is 8.28. The number of hydrogen-bond acceptors (Lipinski definition) is 2. The molecule has 0 aliphatic carbocycles. The molecule has 1 aromatic carbocycles. The van der Waals surface area contributed by atoms with Crippen LogP contribution in [0.1, 0.15) is 17.3 Å². The van der Waals surface area contributed by atoms with Gasteiger partial charge in [0.25, 0.3) is 0 Å². The van der Waals surface area contributed by atoms with Crippen LogP contribution in [0.15, 0.2) is 53.1 Å². The van der Waals surface area contributed by atoms with Crippen LogP contribution in [0.3, 0.4) is 0 Å². The molecule has 0 spiro atoms. The summed E-state index contributed by atoms with van der Waals surface area (Å²) in [5, 5.41) is 0. The van der Waals surface area contributed by atoms with Gasteiger partial charge in [0, 0.05) is 28.8 Å². The third-order valence-corrected chi connectivity index (χ3v) is 2.98. The van der Waals surface area contributed by atoms with Gasteiger partial charge in [-0.05, 0) is 29.8 Å². The standard InChI is InChI=1S/C13H13BrN2/c14-11-6-4-10(5-7-11)13(15)9-12-3-1-2-8-16-12/h1-8,13H,9,15H2/t13-/m1/s1. The number of rotatable bonds is 3. The van der Waals surface area contributed by atoms with Crippen molar-refractivity contribution in [1.29, 1.82) is 0 Å². The minimum atomic E-state index is 0.00278. The first-order valence-electron chi connectivity index (χ1n) is 5.16. The number of aromatic nitrogens is 1. The Kier molecular flexibility index (Phi) is 3.70. The third-order valence-electron chi connectivity index (χ3n) is 2.45. The minimum Gasteiger partial charge on any atom is -0.324 e. The molecule has 1 atom stereocenters. The Labute approximate surface area is 104 Å². The highest BCUT2D eigenvalue weighted by Gasteiger charge is 2.07. The van der Waals surface area contributed by atoms with Gasteiger partial charge in [0.1, 0.15) is 0 Å². The van der Waals surface area contributed by atoms with Crippen molar-refractivity contribution in [3.05, 3.63) is 64.4 Å². The fourth-order valence-electron chi connectivity index (χ4n) is 1.57. The molecule has 16 heavy (non-hydrogen) atoms. The average molecular weight is 277 g/mol. The Morgan fingerprint density at radius 3 is 2.50 bits per heavy atom. The molecule has 0 bridgehead atoms. The Morgan fingerprint density at radius 2 is 1.88 bits per heavy atom. The predicted molar refractivity (Wildman–Crippen MR) is 69.0 cm³/mol. The van der Waals surface area contributed by atoms with Crippen LogP contribution in [-0.2, 0) is 6.42 Å². The lowest BCUT2D eigenvalue weighted by Gasteiger charge is -2.11. The van der Waals surface area contributed by atoms with E-state index >= 15 is 0 Å². The minimum absolute atomic E-state index is 0.00278. The normalized spacial score (nSPS) is 12.4. The van der Waals surface area contributed by atoms with Gasteiger partial charge in [0.15, 0.2) is 0 Å². The highest BCUT2D eigenvalue weighted by molar-refractivity contribution is 9.10. The van der Waals surface area contributed by atoms with E-state index in [2.05, 4.69) is 20.9 Å².